The van der Waals surface area contributed by atoms with E-state index in [4.69, 9.17) is 4.74 Å². The van der Waals surface area contributed by atoms with Crippen molar-refractivity contribution >= 4 is 23.6 Å². The number of benzene rings is 2. The number of ether oxygens (including phenoxy) is 1. The molecule has 3 amide bonds. The van der Waals surface area contributed by atoms with Gasteiger partial charge in [0.2, 0.25) is 5.91 Å². The molecule has 2 aromatic carbocycles. The van der Waals surface area contributed by atoms with Crippen LogP contribution in [0.2, 0.25) is 0 Å². The number of hydrogen-bond acceptors (Lipinski definition) is 5. The molecular weight excluding hydrogens is 472 g/mol. The van der Waals surface area contributed by atoms with Gasteiger partial charge in [-0.3, -0.25) is 4.79 Å². The number of rotatable bonds is 8. The third kappa shape index (κ3) is 7.22. The summed E-state index contributed by atoms with van der Waals surface area (Å²) in [4.78, 5) is 38.0. The average molecular weight is 510 g/mol. The SMILES string of the molecule is CCOC(=O)c1ccc(NC(=O)N[C@@H](Cc2ccc(O)cc2)C(=O)N[C@H]2CC[N+]3(CCCCC3)C2)cc1. The first-order valence-electron chi connectivity index (χ1n) is 13.1. The standard InChI is InChI=1S/C28H36N4O5/c1-2-37-27(35)21-8-10-22(11-9-21)30-28(36)31-25(18-20-6-12-24(33)13-7-20)26(34)29-23-14-17-32(19-23)15-4-3-5-16-32/h6-13,23,25H,2-5,14-19H2,1H3,(H3-,29,30,31,33,34,35,36)/p+1/t23-,25-/m0/s1. The number of carbonyl (C=O) groups excluding carboxylic acids is 3. The van der Waals surface area contributed by atoms with Crippen LogP contribution < -0.4 is 16.0 Å². The highest BCUT2D eigenvalue weighted by Gasteiger charge is 2.40. The zero-order valence-electron chi connectivity index (χ0n) is 21.4. The van der Waals surface area contributed by atoms with E-state index >= 15 is 0 Å². The minimum Gasteiger partial charge on any atom is -0.508 e. The largest absolute Gasteiger partial charge is 0.508 e. The predicted molar refractivity (Wildman–Crippen MR) is 140 cm³/mol. The van der Waals surface area contributed by atoms with Crippen molar-refractivity contribution in [2.45, 2.75) is 51.1 Å². The molecule has 9 nitrogen and oxygen atoms in total. The molecule has 0 aliphatic carbocycles. The second-order valence-corrected chi connectivity index (χ2v) is 10.1. The van der Waals surface area contributed by atoms with Crippen molar-refractivity contribution in [2.24, 2.45) is 0 Å². The minimum absolute atomic E-state index is 0.0909. The molecule has 0 radical (unpaired) electrons. The summed E-state index contributed by atoms with van der Waals surface area (Å²) in [5, 5.41) is 18.3. The van der Waals surface area contributed by atoms with Crippen LogP contribution in [0, 0.1) is 0 Å². The van der Waals surface area contributed by atoms with Gasteiger partial charge in [0.1, 0.15) is 11.8 Å². The Balaban J connectivity index is 1.39. The van der Waals surface area contributed by atoms with Crippen LogP contribution in [0.3, 0.4) is 0 Å². The van der Waals surface area contributed by atoms with Gasteiger partial charge >= 0.3 is 12.0 Å². The molecule has 4 N–H and O–H groups in total. The molecule has 9 heteroatoms. The highest BCUT2D eigenvalue weighted by molar-refractivity contribution is 5.95. The highest BCUT2D eigenvalue weighted by atomic mass is 16.5. The number of nitrogens with zero attached hydrogens (tertiary/aromatic N) is 1. The molecule has 2 atom stereocenters. The molecule has 2 saturated heterocycles. The van der Waals surface area contributed by atoms with Crippen LogP contribution in [0.4, 0.5) is 10.5 Å². The molecule has 2 aliphatic rings. The molecule has 2 heterocycles. The first kappa shape index (κ1) is 26.5. The minimum atomic E-state index is -0.793. The van der Waals surface area contributed by atoms with Crippen molar-refractivity contribution in [2.75, 3.05) is 38.1 Å². The van der Waals surface area contributed by atoms with Gasteiger partial charge in [0.25, 0.3) is 0 Å². The van der Waals surface area contributed by atoms with Crippen molar-refractivity contribution in [1.82, 2.24) is 10.6 Å². The third-order valence-electron chi connectivity index (χ3n) is 7.32. The van der Waals surface area contributed by atoms with Crippen molar-refractivity contribution < 1.29 is 28.7 Å². The highest BCUT2D eigenvalue weighted by Crippen LogP contribution is 2.26. The van der Waals surface area contributed by atoms with E-state index in [-0.39, 0.29) is 30.7 Å². The molecule has 4 rings (SSSR count). The number of hydrogen-bond donors (Lipinski definition) is 4. The number of carbonyl (C=O) groups is 3. The van der Waals surface area contributed by atoms with Gasteiger partial charge in [-0.15, -0.1) is 0 Å². The Morgan fingerprint density at radius 2 is 1.70 bits per heavy atom. The van der Waals surface area contributed by atoms with E-state index in [2.05, 4.69) is 16.0 Å². The number of piperidine rings is 1. The van der Waals surface area contributed by atoms with Crippen LogP contribution >= 0.6 is 0 Å². The maximum atomic E-state index is 13.3. The normalized spacial score (nSPS) is 19.1. The zero-order valence-corrected chi connectivity index (χ0v) is 21.4. The fourth-order valence-electron chi connectivity index (χ4n) is 5.40. The van der Waals surface area contributed by atoms with Crippen LogP contribution in [-0.4, -0.2) is 72.4 Å². The second kappa shape index (κ2) is 12.1. The second-order valence-electron chi connectivity index (χ2n) is 10.1. The van der Waals surface area contributed by atoms with E-state index in [1.807, 2.05) is 0 Å². The summed E-state index contributed by atoms with van der Waals surface area (Å²) in [5.74, 6) is -0.504. The number of phenolic OH excluding ortho intramolecular Hbond substituents is 1. The number of amides is 3. The van der Waals surface area contributed by atoms with Gasteiger partial charge in [0.15, 0.2) is 0 Å². The topological polar surface area (TPSA) is 117 Å². The molecule has 0 aromatic heterocycles. The van der Waals surface area contributed by atoms with E-state index in [1.54, 1.807) is 55.5 Å². The molecule has 0 saturated carbocycles. The molecule has 0 bridgehead atoms. The molecule has 2 fully saturated rings. The van der Waals surface area contributed by atoms with E-state index in [1.165, 1.54) is 32.4 Å². The van der Waals surface area contributed by atoms with Gasteiger partial charge in [-0.1, -0.05) is 12.1 Å². The van der Waals surface area contributed by atoms with E-state index in [0.29, 0.717) is 11.3 Å². The maximum Gasteiger partial charge on any atom is 0.338 e. The van der Waals surface area contributed by atoms with Gasteiger partial charge in [0.05, 0.1) is 44.4 Å². The van der Waals surface area contributed by atoms with Gasteiger partial charge in [-0.05, 0) is 68.1 Å². The smallest absolute Gasteiger partial charge is 0.338 e. The van der Waals surface area contributed by atoms with Crippen LogP contribution in [0.15, 0.2) is 48.5 Å². The molecule has 2 aliphatic heterocycles. The van der Waals surface area contributed by atoms with E-state index < -0.39 is 18.0 Å². The third-order valence-corrected chi connectivity index (χ3v) is 7.32. The average Bonchev–Trinajstić information content (AvgIpc) is 3.27. The van der Waals surface area contributed by atoms with Crippen LogP contribution in [0.1, 0.15) is 48.5 Å². The number of nitrogens with one attached hydrogen (secondary N) is 3. The molecule has 198 valence electrons. The van der Waals surface area contributed by atoms with E-state index in [9.17, 15) is 19.5 Å². The number of anilines is 1. The summed E-state index contributed by atoms with van der Waals surface area (Å²) in [7, 11) is 0. The molecular formula is C28H37N4O5+. The van der Waals surface area contributed by atoms with Crippen molar-refractivity contribution in [3.05, 3.63) is 59.7 Å². The molecule has 0 unspecified atom stereocenters. The number of esters is 1. The Kier molecular flexibility index (Phi) is 8.66. The summed E-state index contributed by atoms with van der Waals surface area (Å²) < 4.78 is 6.07. The van der Waals surface area contributed by atoms with Gasteiger partial charge < -0.3 is 30.3 Å². The Morgan fingerprint density at radius 3 is 2.38 bits per heavy atom. The monoisotopic (exact) mass is 509 g/mol. The molecule has 1 spiro atoms. The first-order valence-corrected chi connectivity index (χ1v) is 13.1. The predicted octanol–water partition coefficient (Wildman–Crippen LogP) is 3.19. The van der Waals surface area contributed by atoms with Gasteiger partial charge in [-0.25, -0.2) is 9.59 Å². The maximum absolute atomic E-state index is 13.3. The van der Waals surface area contributed by atoms with Crippen LogP contribution in [0.5, 0.6) is 5.75 Å². The number of phenols is 1. The van der Waals surface area contributed by atoms with Crippen molar-refractivity contribution in [3.8, 4) is 5.75 Å². The van der Waals surface area contributed by atoms with Crippen LogP contribution in [0.25, 0.3) is 0 Å². The Hall–Kier alpha value is -3.59. The fraction of sp³-hybridized carbons (Fsp3) is 0.464. The number of quaternary nitrogens is 1. The Morgan fingerprint density at radius 1 is 1.00 bits per heavy atom. The number of aromatic hydroxyl groups is 1. The lowest BCUT2D eigenvalue weighted by Gasteiger charge is -2.38. The van der Waals surface area contributed by atoms with Gasteiger partial charge in [0, 0.05) is 18.5 Å². The van der Waals surface area contributed by atoms with Crippen molar-refractivity contribution in [1.29, 1.82) is 0 Å². The lowest BCUT2D eigenvalue weighted by molar-refractivity contribution is -0.921. The lowest BCUT2D eigenvalue weighted by Crippen LogP contribution is -2.54. The Labute approximate surface area is 217 Å². The summed E-state index contributed by atoms with van der Waals surface area (Å²) in [5.41, 5.74) is 1.70. The zero-order chi connectivity index (χ0) is 26.3. The lowest BCUT2D eigenvalue weighted by atomic mass is 10.0. The summed E-state index contributed by atoms with van der Waals surface area (Å²) in [6.45, 7) is 6.41. The quantitative estimate of drug-likeness (QED) is 0.322. The van der Waals surface area contributed by atoms with Crippen molar-refractivity contribution in [3.63, 3.8) is 0 Å². The molecule has 37 heavy (non-hydrogen) atoms. The van der Waals surface area contributed by atoms with E-state index in [0.717, 1.165) is 29.6 Å². The first-order chi connectivity index (χ1) is 17.9. The Bertz CT molecular complexity index is 1080. The summed E-state index contributed by atoms with van der Waals surface area (Å²) in [6.07, 6.45) is 5.00. The summed E-state index contributed by atoms with van der Waals surface area (Å²) >= 11 is 0. The van der Waals surface area contributed by atoms with Crippen LogP contribution in [-0.2, 0) is 16.0 Å². The van der Waals surface area contributed by atoms with Gasteiger partial charge in [-0.2, -0.15) is 0 Å². The number of urea groups is 1. The molecule has 2 aromatic rings. The summed E-state index contributed by atoms with van der Waals surface area (Å²) in [6, 6.07) is 11.8. The fourth-order valence-corrected chi connectivity index (χ4v) is 5.40.